The van der Waals surface area contributed by atoms with Crippen molar-refractivity contribution in [2.45, 2.75) is 19.9 Å². The van der Waals surface area contributed by atoms with Gasteiger partial charge in [-0.05, 0) is 39.9 Å². The molecule has 3 nitrogen and oxygen atoms in total. The Labute approximate surface area is 129 Å². The Balaban J connectivity index is 2.06. The zero-order valence-corrected chi connectivity index (χ0v) is 13.4. The van der Waals surface area contributed by atoms with Gasteiger partial charge in [0.05, 0.1) is 15.5 Å². The van der Waals surface area contributed by atoms with E-state index >= 15 is 0 Å². The van der Waals surface area contributed by atoms with Crippen LogP contribution in [0.3, 0.4) is 0 Å². The number of ketones is 1. The smallest absolute Gasteiger partial charge is 0.222 e. The first-order chi connectivity index (χ1) is 9.70. The van der Waals surface area contributed by atoms with Crippen LogP contribution in [0.15, 0.2) is 41.0 Å². The zero-order chi connectivity index (χ0) is 14.1. The van der Waals surface area contributed by atoms with E-state index < -0.39 is 0 Å². The highest BCUT2D eigenvalue weighted by atomic mass is 79.9. The van der Waals surface area contributed by atoms with E-state index in [9.17, 15) is 4.79 Å². The van der Waals surface area contributed by atoms with Gasteiger partial charge in [0.2, 0.25) is 5.78 Å². The fraction of sp³-hybridized carbons (Fsp3) is 0.200. The summed E-state index contributed by atoms with van der Waals surface area (Å²) in [6.45, 7) is 2.82. The van der Waals surface area contributed by atoms with Crippen molar-refractivity contribution in [3.8, 4) is 0 Å². The Morgan fingerprint density at radius 1 is 1.40 bits per heavy atom. The van der Waals surface area contributed by atoms with Gasteiger partial charge < -0.3 is 0 Å². The van der Waals surface area contributed by atoms with E-state index in [-0.39, 0.29) is 5.78 Å². The molecule has 0 N–H and O–H groups in total. The van der Waals surface area contributed by atoms with Crippen LogP contribution in [-0.4, -0.2) is 15.6 Å². The normalized spacial score (nSPS) is 11.1. The molecule has 0 bridgehead atoms. The Bertz CT molecular complexity index is 742. The molecule has 0 saturated heterocycles. The van der Waals surface area contributed by atoms with Crippen LogP contribution in [0.2, 0.25) is 0 Å². The van der Waals surface area contributed by atoms with Crippen molar-refractivity contribution in [1.29, 1.82) is 0 Å². The highest BCUT2D eigenvalue weighted by Crippen LogP contribution is 2.29. The molecule has 0 atom stereocenters. The number of thiophene rings is 1. The lowest BCUT2D eigenvalue weighted by Crippen LogP contribution is -2.11. The molecular formula is C15H13BrN2OS. The fourth-order valence-electron chi connectivity index (χ4n) is 2.18. The molecule has 2 aromatic heterocycles. The summed E-state index contributed by atoms with van der Waals surface area (Å²) in [5.74, 6) is 0.0315. The summed E-state index contributed by atoms with van der Waals surface area (Å²) in [6.07, 6.45) is 2.64. The van der Waals surface area contributed by atoms with Gasteiger partial charge in [0.25, 0.3) is 0 Å². The van der Waals surface area contributed by atoms with E-state index in [0.29, 0.717) is 5.69 Å². The number of halogens is 1. The predicted molar refractivity (Wildman–Crippen MR) is 85.5 cm³/mol. The van der Waals surface area contributed by atoms with Crippen LogP contribution in [0.25, 0.3) is 10.1 Å². The minimum absolute atomic E-state index is 0.0315. The van der Waals surface area contributed by atoms with E-state index in [2.05, 4.69) is 28.0 Å². The van der Waals surface area contributed by atoms with E-state index in [1.54, 1.807) is 10.9 Å². The molecule has 5 heteroatoms. The van der Waals surface area contributed by atoms with Crippen LogP contribution in [0, 0.1) is 0 Å². The van der Waals surface area contributed by atoms with Gasteiger partial charge in [-0.1, -0.05) is 25.1 Å². The van der Waals surface area contributed by atoms with Crippen molar-refractivity contribution in [2.75, 3.05) is 0 Å². The van der Waals surface area contributed by atoms with Crippen LogP contribution in [0.4, 0.5) is 0 Å². The summed E-state index contributed by atoms with van der Waals surface area (Å²) in [5.41, 5.74) is 0.637. The van der Waals surface area contributed by atoms with E-state index in [0.717, 1.165) is 32.4 Å². The highest BCUT2D eigenvalue weighted by molar-refractivity contribution is 9.10. The Morgan fingerprint density at radius 2 is 2.20 bits per heavy atom. The highest BCUT2D eigenvalue weighted by Gasteiger charge is 2.20. The van der Waals surface area contributed by atoms with E-state index in [1.165, 1.54) is 11.3 Å². The Hall–Kier alpha value is -1.46. The molecule has 3 aromatic rings. The fourth-order valence-corrected chi connectivity index (χ4v) is 3.66. The van der Waals surface area contributed by atoms with Crippen LogP contribution in [-0.2, 0) is 6.54 Å². The number of fused-ring (bicyclic) bond motifs is 1. The molecule has 20 heavy (non-hydrogen) atoms. The summed E-state index contributed by atoms with van der Waals surface area (Å²) < 4.78 is 3.67. The van der Waals surface area contributed by atoms with Crippen LogP contribution in [0.5, 0.6) is 0 Å². The number of carbonyl (C=O) groups excluding carboxylic acids is 1. The zero-order valence-electron chi connectivity index (χ0n) is 11.0. The number of nitrogens with zero attached hydrogens (tertiary/aromatic N) is 2. The van der Waals surface area contributed by atoms with Gasteiger partial charge in [0.1, 0.15) is 5.69 Å². The maximum atomic E-state index is 12.7. The van der Waals surface area contributed by atoms with E-state index in [1.807, 2.05) is 30.3 Å². The number of rotatable bonds is 4. The van der Waals surface area contributed by atoms with Crippen LogP contribution >= 0.6 is 27.3 Å². The number of benzene rings is 1. The van der Waals surface area contributed by atoms with Gasteiger partial charge in [-0.25, -0.2) is 0 Å². The van der Waals surface area contributed by atoms with Gasteiger partial charge in [-0.3, -0.25) is 9.48 Å². The third kappa shape index (κ3) is 2.31. The third-order valence-corrected chi connectivity index (χ3v) is 4.79. The molecule has 3 rings (SSSR count). The standard InChI is InChI=1S/C15H13BrN2OS/c1-2-7-18-14(11(16)9-17-18)15(19)13-8-10-5-3-4-6-12(10)20-13/h3-6,8-9H,2,7H2,1H3. The lowest BCUT2D eigenvalue weighted by molar-refractivity contribution is 0.103. The second-order valence-corrected chi connectivity index (χ2v) is 6.48. The number of aryl methyl sites for hydroxylation is 1. The molecule has 0 aliphatic rings. The average Bonchev–Trinajstić information content (AvgIpc) is 3.02. The van der Waals surface area contributed by atoms with Crippen molar-refractivity contribution in [3.63, 3.8) is 0 Å². The van der Waals surface area contributed by atoms with E-state index in [4.69, 9.17) is 0 Å². The second-order valence-electron chi connectivity index (χ2n) is 4.54. The summed E-state index contributed by atoms with van der Waals surface area (Å²) in [7, 11) is 0. The SMILES string of the molecule is CCCn1ncc(Br)c1C(=O)c1cc2ccccc2s1. The van der Waals surface area contributed by atoms with Crippen molar-refractivity contribution in [1.82, 2.24) is 9.78 Å². The second kappa shape index (κ2) is 5.50. The van der Waals surface area contributed by atoms with Crippen molar-refractivity contribution in [2.24, 2.45) is 0 Å². The lowest BCUT2D eigenvalue weighted by Gasteiger charge is -2.04. The lowest BCUT2D eigenvalue weighted by atomic mass is 10.2. The van der Waals surface area contributed by atoms with Crippen molar-refractivity contribution in [3.05, 3.63) is 51.6 Å². The van der Waals surface area contributed by atoms with Gasteiger partial charge >= 0.3 is 0 Å². The topological polar surface area (TPSA) is 34.9 Å². The maximum absolute atomic E-state index is 12.7. The molecule has 1 aromatic carbocycles. The van der Waals surface area contributed by atoms with Gasteiger partial charge in [-0.2, -0.15) is 5.10 Å². The molecule has 102 valence electrons. The molecule has 0 aliphatic heterocycles. The largest absolute Gasteiger partial charge is 0.286 e. The molecule has 0 spiro atoms. The van der Waals surface area contributed by atoms with Gasteiger partial charge in [-0.15, -0.1) is 11.3 Å². The first-order valence-electron chi connectivity index (χ1n) is 6.45. The number of carbonyl (C=O) groups is 1. The van der Waals surface area contributed by atoms with Gasteiger partial charge in [0.15, 0.2) is 0 Å². The molecule has 0 aliphatic carbocycles. The Morgan fingerprint density at radius 3 is 2.95 bits per heavy atom. The first kappa shape index (κ1) is 13.5. The minimum atomic E-state index is 0.0315. The quantitative estimate of drug-likeness (QED) is 0.650. The summed E-state index contributed by atoms with van der Waals surface area (Å²) >= 11 is 4.96. The first-order valence-corrected chi connectivity index (χ1v) is 8.06. The molecular weight excluding hydrogens is 336 g/mol. The van der Waals surface area contributed by atoms with Gasteiger partial charge in [0, 0.05) is 11.2 Å². The molecule has 0 fully saturated rings. The summed E-state index contributed by atoms with van der Waals surface area (Å²) in [4.78, 5) is 13.5. The minimum Gasteiger partial charge on any atom is -0.286 e. The molecule has 0 radical (unpaired) electrons. The van der Waals surface area contributed by atoms with Crippen LogP contribution < -0.4 is 0 Å². The molecule has 0 saturated carbocycles. The van der Waals surface area contributed by atoms with Crippen molar-refractivity contribution < 1.29 is 4.79 Å². The predicted octanol–water partition coefficient (Wildman–Crippen LogP) is 4.50. The number of hydrogen-bond donors (Lipinski definition) is 0. The molecule has 0 amide bonds. The maximum Gasteiger partial charge on any atom is 0.222 e. The number of aromatic nitrogens is 2. The number of hydrogen-bond acceptors (Lipinski definition) is 3. The third-order valence-electron chi connectivity index (χ3n) is 3.09. The monoisotopic (exact) mass is 348 g/mol. The van der Waals surface area contributed by atoms with Crippen LogP contribution in [0.1, 0.15) is 28.7 Å². The van der Waals surface area contributed by atoms with Crippen molar-refractivity contribution >= 4 is 43.1 Å². The molecule has 0 unspecified atom stereocenters. The Kier molecular flexibility index (Phi) is 3.72. The average molecular weight is 349 g/mol. The summed E-state index contributed by atoms with van der Waals surface area (Å²) in [5, 5.41) is 5.37. The molecule has 2 heterocycles. The summed E-state index contributed by atoms with van der Waals surface area (Å²) in [6, 6.07) is 10.00.